The summed E-state index contributed by atoms with van der Waals surface area (Å²) in [5.41, 5.74) is 1.54. The Hall–Kier alpha value is -2.13. The number of likely N-dealkylation sites (N-methyl/N-ethyl adjacent to an activating group) is 1. The fourth-order valence-electron chi connectivity index (χ4n) is 2.14. The smallest absolute Gasteiger partial charge is 0.230 e. The maximum absolute atomic E-state index is 12.1. The minimum Gasteiger partial charge on any atom is -0.387 e. The van der Waals surface area contributed by atoms with E-state index in [1.165, 1.54) is 0 Å². The van der Waals surface area contributed by atoms with Crippen LogP contribution in [-0.4, -0.2) is 18.1 Å². The van der Waals surface area contributed by atoms with Gasteiger partial charge in [0, 0.05) is 7.05 Å². The third-order valence-electron chi connectivity index (χ3n) is 3.14. The van der Waals surface area contributed by atoms with Crippen LogP contribution in [0.5, 0.6) is 0 Å². The molecule has 1 amide bonds. The van der Waals surface area contributed by atoms with Gasteiger partial charge in [0.2, 0.25) is 5.91 Å². The molecule has 0 aliphatic rings. The van der Waals surface area contributed by atoms with Crippen LogP contribution in [0.1, 0.15) is 23.1 Å². The second-order valence-electron chi connectivity index (χ2n) is 4.36. The Kier molecular flexibility index (Phi) is 4.31. The van der Waals surface area contributed by atoms with E-state index in [2.05, 4.69) is 5.32 Å². The zero-order chi connectivity index (χ0) is 13.7. The fourth-order valence-corrected chi connectivity index (χ4v) is 2.14. The second-order valence-corrected chi connectivity index (χ2v) is 4.36. The molecule has 2 atom stereocenters. The second kappa shape index (κ2) is 6.16. The van der Waals surface area contributed by atoms with E-state index < -0.39 is 12.0 Å². The van der Waals surface area contributed by atoms with Gasteiger partial charge in [-0.15, -0.1) is 0 Å². The maximum atomic E-state index is 12.1. The van der Waals surface area contributed by atoms with Crippen molar-refractivity contribution in [1.29, 1.82) is 0 Å². The van der Waals surface area contributed by atoms with Crippen molar-refractivity contribution in [1.82, 2.24) is 5.32 Å². The molecular formula is C16H17NO2. The molecule has 0 aromatic heterocycles. The summed E-state index contributed by atoms with van der Waals surface area (Å²) in [6.07, 6.45) is -0.858. The molecule has 3 heteroatoms. The van der Waals surface area contributed by atoms with Gasteiger partial charge in [-0.25, -0.2) is 0 Å². The molecule has 2 aromatic rings. The first-order valence-corrected chi connectivity index (χ1v) is 6.23. The van der Waals surface area contributed by atoms with Gasteiger partial charge in [0.15, 0.2) is 0 Å². The quantitative estimate of drug-likeness (QED) is 0.880. The van der Waals surface area contributed by atoms with Gasteiger partial charge in [-0.1, -0.05) is 60.7 Å². The highest BCUT2D eigenvalue weighted by Crippen LogP contribution is 2.30. The van der Waals surface area contributed by atoms with Crippen LogP contribution < -0.4 is 5.32 Å². The van der Waals surface area contributed by atoms with Crippen LogP contribution in [-0.2, 0) is 4.79 Å². The Bertz CT molecular complexity index is 525. The highest BCUT2D eigenvalue weighted by molar-refractivity contribution is 5.84. The summed E-state index contributed by atoms with van der Waals surface area (Å²) in [5.74, 6) is -0.795. The van der Waals surface area contributed by atoms with Gasteiger partial charge < -0.3 is 10.4 Å². The van der Waals surface area contributed by atoms with E-state index in [0.29, 0.717) is 0 Å². The first-order chi connectivity index (χ1) is 9.24. The van der Waals surface area contributed by atoms with E-state index >= 15 is 0 Å². The molecule has 0 aliphatic heterocycles. The van der Waals surface area contributed by atoms with Gasteiger partial charge in [-0.3, -0.25) is 4.79 Å². The van der Waals surface area contributed by atoms with Gasteiger partial charge in [0.05, 0.1) is 12.0 Å². The third-order valence-corrected chi connectivity index (χ3v) is 3.14. The van der Waals surface area contributed by atoms with Crippen LogP contribution in [0.2, 0.25) is 0 Å². The number of benzene rings is 2. The average Bonchev–Trinajstić information content (AvgIpc) is 2.49. The monoisotopic (exact) mass is 255 g/mol. The molecule has 0 aliphatic carbocycles. The Labute approximate surface area is 112 Å². The van der Waals surface area contributed by atoms with Gasteiger partial charge in [0.25, 0.3) is 0 Å². The highest BCUT2D eigenvalue weighted by Gasteiger charge is 2.28. The summed E-state index contributed by atoms with van der Waals surface area (Å²) < 4.78 is 0. The molecule has 19 heavy (non-hydrogen) atoms. The van der Waals surface area contributed by atoms with Gasteiger partial charge in [0.1, 0.15) is 0 Å². The van der Waals surface area contributed by atoms with Crippen molar-refractivity contribution in [3.05, 3.63) is 71.8 Å². The average molecular weight is 255 g/mol. The summed E-state index contributed by atoms with van der Waals surface area (Å²) >= 11 is 0. The van der Waals surface area contributed by atoms with E-state index in [1.807, 2.05) is 60.7 Å². The number of aliphatic hydroxyl groups excluding tert-OH is 1. The topological polar surface area (TPSA) is 49.3 Å². The number of hydrogen-bond donors (Lipinski definition) is 2. The van der Waals surface area contributed by atoms with Crippen LogP contribution in [0.15, 0.2) is 60.7 Å². The SMILES string of the molecule is CNC(=O)[C@@H](c1ccccc1)[C@@H](O)c1ccccc1. The lowest BCUT2D eigenvalue weighted by Crippen LogP contribution is -2.30. The predicted molar refractivity (Wildman–Crippen MR) is 74.7 cm³/mol. The van der Waals surface area contributed by atoms with E-state index in [-0.39, 0.29) is 5.91 Å². The zero-order valence-electron chi connectivity index (χ0n) is 10.8. The summed E-state index contributed by atoms with van der Waals surface area (Å²) in [4.78, 5) is 12.1. The standard InChI is InChI=1S/C16H17NO2/c1-17-16(19)14(12-8-4-2-5-9-12)15(18)13-10-6-3-7-11-13/h2-11,14-15,18H,1H3,(H,17,19)/t14-,15-/m0/s1. The first kappa shape index (κ1) is 13.3. The lowest BCUT2D eigenvalue weighted by molar-refractivity contribution is -0.124. The molecule has 0 unspecified atom stereocenters. The molecule has 0 saturated carbocycles. The number of rotatable bonds is 4. The Balaban J connectivity index is 2.36. The Morgan fingerprint density at radius 1 is 0.947 bits per heavy atom. The minimum absolute atomic E-state index is 0.192. The van der Waals surface area contributed by atoms with Crippen LogP contribution in [0.25, 0.3) is 0 Å². The Morgan fingerprint density at radius 2 is 1.42 bits per heavy atom. The molecule has 0 spiro atoms. The largest absolute Gasteiger partial charge is 0.387 e. The molecule has 0 fully saturated rings. The van der Waals surface area contributed by atoms with Gasteiger partial charge in [-0.2, -0.15) is 0 Å². The van der Waals surface area contributed by atoms with Crippen molar-refractivity contribution >= 4 is 5.91 Å². The summed E-state index contributed by atoms with van der Waals surface area (Å²) in [6, 6.07) is 18.6. The van der Waals surface area contributed by atoms with Crippen molar-refractivity contribution in [3.8, 4) is 0 Å². The fraction of sp³-hybridized carbons (Fsp3) is 0.188. The first-order valence-electron chi connectivity index (χ1n) is 6.23. The third kappa shape index (κ3) is 3.01. The van der Waals surface area contributed by atoms with E-state index in [0.717, 1.165) is 11.1 Å². The minimum atomic E-state index is -0.858. The van der Waals surface area contributed by atoms with Crippen molar-refractivity contribution in [2.24, 2.45) is 0 Å². The highest BCUT2D eigenvalue weighted by atomic mass is 16.3. The lowest BCUT2D eigenvalue weighted by Gasteiger charge is -2.22. The van der Waals surface area contributed by atoms with Gasteiger partial charge >= 0.3 is 0 Å². The molecule has 2 rings (SSSR count). The van der Waals surface area contributed by atoms with E-state index in [1.54, 1.807) is 7.05 Å². The summed E-state index contributed by atoms with van der Waals surface area (Å²) in [5, 5.41) is 13.1. The molecular weight excluding hydrogens is 238 g/mol. The molecule has 98 valence electrons. The number of aliphatic hydroxyl groups is 1. The molecule has 0 radical (unpaired) electrons. The van der Waals surface area contributed by atoms with Crippen LogP contribution in [0.3, 0.4) is 0 Å². The van der Waals surface area contributed by atoms with Crippen LogP contribution in [0.4, 0.5) is 0 Å². The Morgan fingerprint density at radius 3 is 1.89 bits per heavy atom. The van der Waals surface area contributed by atoms with E-state index in [9.17, 15) is 9.90 Å². The predicted octanol–water partition coefficient (Wildman–Crippen LogP) is 2.25. The van der Waals surface area contributed by atoms with Gasteiger partial charge in [-0.05, 0) is 11.1 Å². The molecule has 2 N–H and O–H groups in total. The number of carbonyl (C=O) groups excluding carboxylic acids is 1. The van der Waals surface area contributed by atoms with Crippen LogP contribution in [0, 0.1) is 0 Å². The number of carbonyl (C=O) groups is 1. The van der Waals surface area contributed by atoms with Crippen molar-refractivity contribution in [2.45, 2.75) is 12.0 Å². The molecule has 0 saturated heterocycles. The number of hydrogen-bond acceptors (Lipinski definition) is 2. The lowest BCUT2D eigenvalue weighted by atomic mass is 9.88. The van der Waals surface area contributed by atoms with E-state index in [4.69, 9.17) is 0 Å². The normalized spacial score (nSPS) is 13.6. The number of amides is 1. The summed E-state index contributed by atoms with van der Waals surface area (Å²) in [6.45, 7) is 0. The van der Waals surface area contributed by atoms with Crippen molar-refractivity contribution < 1.29 is 9.90 Å². The van der Waals surface area contributed by atoms with Crippen molar-refractivity contribution in [2.75, 3.05) is 7.05 Å². The zero-order valence-corrected chi connectivity index (χ0v) is 10.8. The molecule has 2 aromatic carbocycles. The molecule has 0 heterocycles. The molecule has 0 bridgehead atoms. The number of nitrogens with one attached hydrogen (secondary N) is 1. The maximum Gasteiger partial charge on any atom is 0.230 e. The summed E-state index contributed by atoms with van der Waals surface area (Å²) in [7, 11) is 1.58. The molecule has 3 nitrogen and oxygen atoms in total. The van der Waals surface area contributed by atoms with Crippen LogP contribution >= 0.6 is 0 Å². The van der Waals surface area contributed by atoms with Crippen molar-refractivity contribution in [3.63, 3.8) is 0 Å².